The van der Waals surface area contributed by atoms with Crippen molar-refractivity contribution in [3.63, 3.8) is 0 Å². The molecular weight excluding hydrogens is 470 g/mol. The molecule has 2 unspecified atom stereocenters. The fourth-order valence-electron chi connectivity index (χ4n) is 5.29. The average Bonchev–Trinajstić information content (AvgIpc) is 2.89. The maximum Gasteiger partial charge on any atom is 0.368 e. The minimum absolute atomic E-state index is 0.178. The number of carbonyl (C=O) groups is 1. The van der Waals surface area contributed by atoms with Crippen LogP contribution >= 0.6 is 0 Å². The Morgan fingerprint density at radius 2 is 1.37 bits per heavy atom. The van der Waals surface area contributed by atoms with Gasteiger partial charge in [-0.1, -0.05) is 121 Å². The van der Waals surface area contributed by atoms with Crippen LogP contribution in [0.2, 0.25) is 0 Å². The first kappa shape index (κ1) is 31.9. The number of unbranched alkanes of at least 4 members (excludes halogenated alkanes) is 8. The second-order valence-electron chi connectivity index (χ2n) is 11.3. The summed E-state index contributed by atoms with van der Waals surface area (Å²) in [6.07, 6.45) is 14.6. The number of para-hydroxylation sites is 1. The summed E-state index contributed by atoms with van der Waals surface area (Å²) in [7, 11) is 4.22. The SMILES string of the molecule is CCCCCCCCCCCc1ccccc1OC(CCC)OC(=O)C(CC)[N+](C)(C)Cc1ccccc1. The Morgan fingerprint density at radius 3 is 2.00 bits per heavy atom. The van der Waals surface area contributed by atoms with Crippen LogP contribution in [0, 0.1) is 0 Å². The molecule has 0 spiro atoms. The predicted molar refractivity (Wildman–Crippen MR) is 159 cm³/mol. The first-order valence-electron chi connectivity index (χ1n) is 15.2. The highest BCUT2D eigenvalue weighted by Gasteiger charge is 2.36. The molecule has 0 amide bonds. The van der Waals surface area contributed by atoms with Gasteiger partial charge in [0.05, 0.1) is 14.1 Å². The standard InChI is InChI=1S/C34H54NO3/c1-6-9-10-11-12-13-14-15-19-25-30-26-20-21-27-32(30)37-33(22-7-2)38-34(36)31(8-3)35(4,5)28-29-23-17-16-18-24-29/h16-18,20-21,23-24,26-27,31,33H,6-15,19,22,25,28H2,1-5H3/q+1. The third kappa shape index (κ3) is 11.6. The van der Waals surface area contributed by atoms with Gasteiger partial charge in [0.25, 0.3) is 0 Å². The summed E-state index contributed by atoms with van der Waals surface area (Å²) in [4.78, 5) is 13.4. The number of rotatable bonds is 20. The fourth-order valence-corrected chi connectivity index (χ4v) is 5.29. The summed E-state index contributed by atoms with van der Waals surface area (Å²) >= 11 is 0. The lowest BCUT2D eigenvalue weighted by Crippen LogP contribution is -2.53. The van der Waals surface area contributed by atoms with Gasteiger partial charge in [0, 0.05) is 18.4 Å². The quantitative estimate of drug-likeness (QED) is 0.0751. The first-order valence-corrected chi connectivity index (χ1v) is 15.2. The Hall–Kier alpha value is -2.33. The molecule has 2 aromatic rings. The van der Waals surface area contributed by atoms with E-state index in [2.05, 4.69) is 59.1 Å². The lowest BCUT2D eigenvalue weighted by Gasteiger charge is -2.36. The summed E-state index contributed by atoms with van der Waals surface area (Å²) in [5, 5.41) is 0. The summed E-state index contributed by atoms with van der Waals surface area (Å²) in [5.41, 5.74) is 2.43. The van der Waals surface area contributed by atoms with Gasteiger partial charge < -0.3 is 14.0 Å². The molecule has 0 N–H and O–H groups in total. The van der Waals surface area contributed by atoms with E-state index in [9.17, 15) is 4.79 Å². The number of ether oxygens (including phenoxy) is 2. The van der Waals surface area contributed by atoms with Gasteiger partial charge in [-0.15, -0.1) is 0 Å². The van der Waals surface area contributed by atoms with Crippen LogP contribution in [0.1, 0.15) is 109 Å². The van der Waals surface area contributed by atoms with E-state index in [0.29, 0.717) is 17.3 Å². The zero-order valence-electron chi connectivity index (χ0n) is 24.9. The molecule has 212 valence electrons. The Morgan fingerprint density at radius 1 is 0.763 bits per heavy atom. The highest BCUT2D eigenvalue weighted by atomic mass is 16.7. The van der Waals surface area contributed by atoms with Crippen LogP contribution in [-0.4, -0.2) is 36.9 Å². The van der Waals surface area contributed by atoms with Crippen molar-refractivity contribution in [3.8, 4) is 5.75 Å². The topological polar surface area (TPSA) is 35.5 Å². The van der Waals surface area contributed by atoms with Gasteiger partial charge in [0.1, 0.15) is 12.3 Å². The van der Waals surface area contributed by atoms with Gasteiger partial charge in [0.2, 0.25) is 6.29 Å². The van der Waals surface area contributed by atoms with E-state index < -0.39 is 6.29 Å². The lowest BCUT2D eigenvalue weighted by molar-refractivity contribution is -0.919. The Kier molecular flexibility index (Phi) is 15.1. The molecular formula is C34H54NO3+. The van der Waals surface area contributed by atoms with Crippen LogP contribution < -0.4 is 4.74 Å². The van der Waals surface area contributed by atoms with Gasteiger partial charge in [0.15, 0.2) is 6.04 Å². The van der Waals surface area contributed by atoms with Crippen LogP contribution in [0.25, 0.3) is 0 Å². The molecule has 0 saturated heterocycles. The smallest absolute Gasteiger partial charge is 0.368 e. The number of benzene rings is 2. The van der Waals surface area contributed by atoms with Gasteiger partial charge in [-0.3, -0.25) is 0 Å². The molecule has 0 saturated carbocycles. The van der Waals surface area contributed by atoms with Gasteiger partial charge in [-0.2, -0.15) is 0 Å². The number of quaternary nitrogens is 1. The van der Waals surface area contributed by atoms with Crippen molar-refractivity contribution in [2.75, 3.05) is 14.1 Å². The number of hydrogen-bond acceptors (Lipinski definition) is 3. The predicted octanol–water partition coefficient (Wildman–Crippen LogP) is 8.86. The monoisotopic (exact) mass is 524 g/mol. The highest BCUT2D eigenvalue weighted by molar-refractivity contribution is 5.74. The maximum absolute atomic E-state index is 13.4. The van der Waals surface area contributed by atoms with Crippen LogP contribution in [-0.2, 0) is 22.5 Å². The van der Waals surface area contributed by atoms with Crippen LogP contribution in [0.3, 0.4) is 0 Å². The van der Waals surface area contributed by atoms with Crippen LogP contribution in [0.4, 0.5) is 0 Å². The fraction of sp³-hybridized carbons (Fsp3) is 0.618. The summed E-state index contributed by atoms with van der Waals surface area (Å²) in [6.45, 7) is 7.21. The third-order valence-corrected chi connectivity index (χ3v) is 7.49. The third-order valence-electron chi connectivity index (χ3n) is 7.49. The number of nitrogens with zero attached hydrogens (tertiary/aromatic N) is 1. The molecule has 2 atom stereocenters. The normalized spacial score (nSPS) is 13.2. The molecule has 0 aliphatic heterocycles. The highest BCUT2D eigenvalue weighted by Crippen LogP contribution is 2.25. The van der Waals surface area contributed by atoms with Gasteiger partial charge >= 0.3 is 5.97 Å². The van der Waals surface area contributed by atoms with E-state index >= 15 is 0 Å². The molecule has 4 nitrogen and oxygen atoms in total. The molecule has 4 heteroatoms. The van der Waals surface area contributed by atoms with E-state index in [1.54, 1.807) is 0 Å². The number of esters is 1. The van der Waals surface area contributed by atoms with E-state index in [1.807, 2.05) is 30.3 Å². The van der Waals surface area contributed by atoms with E-state index in [-0.39, 0.29) is 12.0 Å². The largest absolute Gasteiger partial charge is 0.454 e. The van der Waals surface area contributed by atoms with Crippen molar-refractivity contribution in [2.45, 2.75) is 123 Å². The average molecular weight is 525 g/mol. The lowest BCUT2D eigenvalue weighted by atomic mass is 10.0. The molecule has 0 heterocycles. The Labute approximate surface area is 233 Å². The van der Waals surface area contributed by atoms with Crippen molar-refractivity contribution in [2.24, 2.45) is 0 Å². The van der Waals surface area contributed by atoms with Crippen molar-refractivity contribution in [1.29, 1.82) is 0 Å². The molecule has 2 rings (SSSR count). The summed E-state index contributed by atoms with van der Waals surface area (Å²) in [6, 6.07) is 18.4. The van der Waals surface area contributed by atoms with E-state index in [4.69, 9.17) is 9.47 Å². The zero-order chi connectivity index (χ0) is 27.6. The molecule has 0 aliphatic carbocycles. The van der Waals surface area contributed by atoms with Crippen molar-refractivity contribution in [3.05, 3.63) is 65.7 Å². The minimum Gasteiger partial charge on any atom is -0.454 e. The second-order valence-corrected chi connectivity index (χ2v) is 11.3. The van der Waals surface area contributed by atoms with E-state index in [1.165, 1.54) is 62.5 Å². The number of carbonyl (C=O) groups excluding carboxylic acids is 1. The van der Waals surface area contributed by atoms with Gasteiger partial charge in [-0.25, -0.2) is 4.79 Å². The Balaban J connectivity index is 1.92. The van der Waals surface area contributed by atoms with Crippen molar-refractivity contribution in [1.82, 2.24) is 0 Å². The molecule has 0 aliphatic rings. The zero-order valence-corrected chi connectivity index (χ0v) is 24.9. The van der Waals surface area contributed by atoms with Gasteiger partial charge in [-0.05, 0) is 30.9 Å². The summed E-state index contributed by atoms with van der Waals surface area (Å²) in [5.74, 6) is 0.674. The maximum atomic E-state index is 13.4. The van der Waals surface area contributed by atoms with Crippen molar-refractivity contribution >= 4 is 5.97 Å². The number of likely N-dealkylation sites (N-methyl/N-ethyl adjacent to an activating group) is 1. The first-order chi connectivity index (χ1) is 18.4. The summed E-state index contributed by atoms with van der Waals surface area (Å²) < 4.78 is 13.0. The van der Waals surface area contributed by atoms with Crippen LogP contribution in [0.15, 0.2) is 54.6 Å². The molecule has 38 heavy (non-hydrogen) atoms. The van der Waals surface area contributed by atoms with Crippen LogP contribution in [0.5, 0.6) is 5.75 Å². The molecule has 2 aromatic carbocycles. The minimum atomic E-state index is -0.567. The number of aryl methyl sites for hydroxylation is 1. The molecule has 0 radical (unpaired) electrons. The second kappa shape index (κ2) is 18.0. The molecule has 0 fully saturated rings. The van der Waals surface area contributed by atoms with Crippen molar-refractivity contribution < 1.29 is 18.8 Å². The number of hydrogen-bond donors (Lipinski definition) is 0. The van der Waals surface area contributed by atoms with E-state index in [0.717, 1.165) is 31.6 Å². The molecule has 0 aromatic heterocycles. The Bertz CT molecular complexity index is 896. The molecule has 0 bridgehead atoms.